The first-order valence-corrected chi connectivity index (χ1v) is 5.96. The first-order valence-electron chi connectivity index (χ1n) is 5.59. The highest BCUT2D eigenvalue weighted by Crippen LogP contribution is 2.20. The summed E-state index contributed by atoms with van der Waals surface area (Å²) in [5.41, 5.74) is 0.448. The van der Waals surface area contributed by atoms with Gasteiger partial charge < -0.3 is 10.6 Å². The summed E-state index contributed by atoms with van der Waals surface area (Å²) >= 11 is 5.62. The molecule has 1 aromatic carbocycles. The van der Waals surface area contributed by atoms with Crippen LogP contribution in [0.3, 0.4) is 0 Å². The van der Waals surface area contributed by atoms with E-state index in [2.05, 4.69) is 10.6 Å². The second-order valence-electron chi connectivity index (χ2n) is 4.16. The highest BCUT2D eigenvalue weighted by molar-refractivity contribution is 6.31. The van der Waals surface area contributed by atoms with E-state index in [1.807, 2.05) is 0 Å². The maximum atomic E-state index is 12.9. The fourth-order valence-electron chi connectivity index (χ4n) is 1.77. The van der Waals surface area contributed by atoms with Gasteiger partial charge >= 0.3 is 0 Å². The summed E-state index contributed by atoms with van der Waals surface area (Å²) in [6.45, 7) is 0.333. The number of piperidine rings is 1. The number of carbonyl (C=O) groups excluding carboxylic acids is 2. The molecule has 2 N–H and O–H groups in total. The molecule has 2 amide bonds. The molecule has 1 heterocycles. The van der Waals surface area contributed by atoms with Gasteiger partial charge in [0.15, 0.2) is 0 Å². The Kier molecular flexibility index (Phi) is 3.81. The summed E-state index contributed by atoms with van der Waals surface area (Å²) in [5, 5.41) is 5.25. The minimum absolute atomic E-state index is 0.0373. The number of hydrogen-bond acceptors (Lipinski definition) is 2. The largest absolute Gasteiger partial charge is 0.355 e. The third-order valence-electron chi connectivity index (χ3n) is 2.82. The number of carbonyl (C=O) groups is 2. The SMILES string of the molecule is O=C1CCC(C(=O)Nc2ccc(F)c(Cl)c2)CN1. The minimum atomic E-state index is -0.528. The van der Waals surface area contributed by atoms with Crippen LogP contribution < -0.4 is 10.6 Å². The lowest BCUT2D eigenvalue weighted by Gasteiger charge is -2.21. The maximum absolute atomic E-state index is 12.9. The number of halogens is 2. The smallest absolute Gasteiger partial charge is 0.229 e. The molecule has 0 radical (unpaired) electrons. The second-order valence-corrected chi connectivity index (χ2v) is 4.57. The Morgan fingerprint density at radius 2 is 2.28 bits per heavy atom. The Bertz CT molecular complexity index is 483. The number of hydrogen-bond donors (Lipinski definition) is 2. The van der Waals surface area contributed by atoms with E-state index in [1.165, 1.54) is 18.2 Å². The number of benzene rings is 1. The Morgan fingerprint density at radius 3 is 2.89 bits per heavy atom. The van der Waals surface area contributed by atoms with Gasteiger partial charge in [0.05, 0.1) is 10.9 Å². The van der Waals surface area contributed by atoms with Gasteiger partial charge in [-0.3, -0.25) is 9.59 Å². The topological polar surface area (TPSA) is 58.2 Å². The fourth-order valence-corrected chi connectivity index (χ4v) is 1.96. The minimum Gasteiger partial charge on any atom is -0.355 e. The molecule has 1 fully saturated rings. The van der Waals surface area contributed by atoms with Gasteiger partial charge in [0, 0.05) is 18.7 Å². The van der Waals surface area contributed by atoms with Crippen molar-refractivity contribution >= 4 is 29.1 Å². The van der Waals surface area contributed by atoms with Gasteiger partial charge in [0.25, 0.3) is 0 Å². The van der Waals surface area contributed by atoms with Crippen LogP contribution in [0.25, 0.3) is 0 Å². The lowest BCUT2D eigenvalue weighted by atomic mass is 9.98. The van der Waals surface area contributed by atoms with Crippen LogP contribution >= 0.6 is 11.6 Å². The molecular weight excluding hydrogens is 259 g/mol. The molecule has 6 heteroatoms. The highest BCUT2D eigenvalue weighted by atomic mass is 35.5. The van der Waals surface area contributed by atoms with Crippen LogP contribution in [-0.2, 0) is 9.59 Å². The Morgan fingerprint density at radius 1 is 1.50 bits per heavy atom. The average Bonchev–Trinajstić information content (AvgIpc) is 2.34. The van der Waals surface area contributed by atoms with Crippen LogP contribution in [0.1, 0.15) is 12.8 Å². The quantitative estimate of drug-likeness (QED) is 0.863. The first-order chi connectivity index (χ1) is 8.56. The predicted molar refractivity (Wildman–Crippen MR) is 65.8 cm³/mol. The standard InChI is InChI=1S/C12H12ClFN2O2/c13-9-5-8(2-3-10(9)14)16-12(18)7-1-4-11(17)15-6-7/h2-3,5,7H,1,4,6H2,(H,15,17)(H,16,18). The van der Waals surface area contributed by atoms with E-state index in [-0.39, 0.29) is 22.8 Å². The monoisotopic (exact) mass is 270 g/mol. The molecule has 18 heavy (non-hydrogen) atoms. The zero-order valence-corrected chi connectivity index (χ0v) is 10.3. The summed E-state index contributed by atoms with van der Waals surface area (Å²) < 4.78 is 12.9. The van der Waals surface area contributed by atoms with Gasteiger partial charge in [0.2, 0.25) is 11.8 Å². The molecule has 0 bridgehead atoms. The molecule has 0 aromatic heterocycles. The van der Waals surface area contributed by atoms with E-state index in [0.717, 1.165) is 0 Å². The zero-order chi connectivity index (χ0) is 13.1. The van der Waals surface area contributed by atoms with Crippen LogP contribution in [0.2, 0.25) is 5.02 Å². The van der Waals surface area contributed by atoms with Crippen LogP contribution in [-0.4, -0.2) is 18.4 Å². The normalized spacial score (nSPS) is 19.2. The molecule has 1 saturated heterocycles. The van der Waals surface area contributed by atoms with Crippen LogP contribution in [0.4, 0.5) is 10.1 Å². The molecule has 4 nitrogen and oxygen atoms in total. The summed E-state index contributed by atoms with van der Waals surface area (Å²) in [6, 6.07) is 4.00. The second kappa shape index (κ2) is 5.35. The summed E-state index contributed by atoms with van der Waals surface area (Å²) in [4.78, 5) is 22.8. The Balaban J connectivity index is 1.98. The van der Waals surface area contributed by atoms with Crippen LogP contribution in [0.5, 0.6) is 0 Å². The Hall–Kier alpha value is -1.62. The van der Waals surface area contributed by atoms with Gasteiger partial charge in [-0.05, 0) is 24.6 Å². The van der Waals surface area contributed by atoms with E-state index < -0.39 is 5.82 Å². The molecule has 1 aromatic rings. The molecule has 0 aliphatic carbocycles. The molecule has 1 unspecified atom stereocenters. The number of nitrogens with one attached hydrogen (secondary N) is 2. The van der Waals surface area contributed by atoms with E-state index >= 15 is 0 Å². The predicted octanol–water partition coefficient (Wildman–Crippen LogP) is 1.94. The molecule has 96 valence electrons. The van der Waals surface area contributed by atoms with Crippen molar-refractivity contribution in [2.24, 2.45) is 5.92 Å². The van der Waals surface area contributed by atoms with E-state index in [0.29, 0.717) is 25.1 Å². The van der Waals surface area contributed by atoms with Crippen molar-refractivity contribution in [1.82, 2.24) is 5.32 Å². The molecule has 0 spiro atoms. The van der Waals surface area contributed by atoms with Gasteiger partial charge in [-0.2, -0.15) is 0 Å². The van der Waals surface area contributed by atoms with Crippen molar-refractivity contribution in [3.8, 4) is 0 Å². The lowest BCUT2D eigenvalue weighted by Crippen LogP contribution is -2.40. The molecular formula is C12H12ClFN2O2. The Labute approximate surface area is 109 Å². The summed E-state index contributed by atoms with van der Waals surface area (Å²) in [7, 11) is 0. The number of amides is 2. The molecule has 1 aliphatic rings. The van der Waals surface area contributed by atoms with Gasteiger partial charge in [-0.1, -0.05) is 11.6 Å². The average molecular weight is 271 g/mol. The molecule has 0 saturated carbocycles. The van der Waals surface area contributed by atoms with Crippen molar-refractivity contribution < 1.29 is 14.0 Å². The third-order valence-corrected chi connectivity index (χ3v) is 3.11. The van der Waals surface area contributed by atoms with E-state index in [1.54, 1.807) is 0 Å². The number of rotatable bonds is 2. The van der Waals surface area contributed by atoms with Gasteiger partial charge in [-0.25, -0.2) is 4.39 Å². The molecule has 1 atom stereocenters. The van der Waals surface area contributed by atoms with Gasteiger partial charge in [0.1, 0.15) is 5.82 Å². The first kappa shape index (κ1) is 12.8. The van der Waals surface area contributed by atoms with Crippen molar-refractivity contribution in [3.05, 3.63) is 29.0 Å². The summed E-state index contributed by atoms with van der Waals surface area (Å²) in [5.74, 6) is -1.02. The lowest BCUT2D eigenvalue weighted by molar-refractivity contribution is -0.126. The maximum Gasteiger partial charge on any atom is 0.229 e. The van der Waals surface area contributed by atoms with Crippen molar-refractivity contribution in [2.45, 2.75) is 12.8 Å². The van der Waals surface area contributed by atoms with Crippen molar-refractivity contribution in [2.75, 3.05) is 11.9 Å². The molecule has 1 aliphatic heterocycles. The zero-order valence-electron chi connectivity index (χ0n) is 9.50. The van der Waals surface area contributed by atoms with Gasteiger partial charge in [-0.15, -0.1) is 0 Å². The fraction of sp³-hybridized carbons (Fsp3) is 0.333. The van der Waals surface area contributed by atoms with E-state index in [9.17, 15) is 14.0 Å². The van der Waals surface area contributed by atoms with E-state index in [4.69, 9.17) is 11.6 Å². The van der Waals surface area contributed by atoms with Crippen molar-refractivity contribution in [1.29, 1.82) is 0 Å². The van der Waals surface area contributed by atoms with Crippen molar-refractivity contribution in [3.63, 3.8) is 0 Å². The summed E-state index contributed by atoms with van der Waals surface area (Å²) in [6.07, 6.45) is 0.870. The van der Waals surface area contributed by atoms with Crippen LogP contribution in [0, 0.1) is 11.7 Å². The third kappa shape index (κ3) is 2.98. The highest BCUT2D eigenvalue weighted by Gasteiger charge is 2.24. The molecule has 2 rings (SSSR count). The van der Waals surface area contributed by atoms with Crippen LogP contribution in [0.15, 0.2) is 18.2 Å². The number of anilines is 1.